The summed E-state index contributed by atoms with van der Waals surface area (Å²) in [6, 6.07) is 7.38. The van der Waals surface area contributed by atoms with Crippen LogP contribution < -0.4 is 9.47 Å². The van der Waals surface area contributed by atoms with Crippen LogP contribution in [0.4, 0.5) is 0 Å². The lowest BCUT2D eigenvalue weighted by Gasteiger charge is -2.09. The lowest BCUT2D eigenvalue weighted by atomic mass is 10.3. The van der Waals surface area contributed by atoms with Crippen LogP contribution in [0.25, 0.3) is 0 Å². The van der Waals surface area contributed by atoms with Gasteiger partial charge in [0.15, 0.2) is 9.84 Å². The molecule has 0 fully saturated rings. The van der Waals surface area contributed by atoms with Crippen LogP contribution in [-0.2, 0) is 9.84 Å². The van der Waals surface area contributed by atoms with Crippen molar-refractivity contribution in [2.24, 2.45) is 0 Å². The van der Waals surface area contributed by atoms with Crippen LogP contribution in [0.2, 0.25) is 0 Å². The fourth-order valence-electron chi connectivity index (χ4n) is 1.54. The third-order valence-electron chi connectivity index (χ3n) is 2.86. The van der Waals surface area contributed by atoms with E-state index >= 15 is 0 Å². The summed E-state index contributed by atoms with van der Waals surface area (Å²) in [7, 11) is -2.97. The van der Waals surface area contributed by atoms with E-state index in [1.165, 1.54) is 0 Å². The molecule has 0 amide bonds. The first-order valence-electron chi connectivity index (χ1n) is 7.03. The average molecular weight is 300 g/mol. The average Bonchev–Trinajstić information content (AvgIpc) is 2.42. The molecular weight excluding hydrogens is 276 g/mol. The van der Waals surface area contributed by atoms with Crippen LogP contribution in [-0.4, -0.2) is 32.6 Å². The summed E-state index contributed by atoms with van der Waals surface area (Å²) in [5, 5.41) is -0.322. The molecule has 0 heterocycles. The lowest BCUT2D eigenvalue weighted by molar-refractivity contribution is 0.309. The highest BCUT2D eigenvalue weighted by Gasteiger charge is 2.15. The molecule has 0 atom stereocenters. The van der Waals surface area contributed by atoms with Gasteiger partial charge in [-0.2, -0.15) is 0 Å². The smallest absolute Gasteiger partial charge is 0.152 e. The zero-order valence-corrected chi connectivity index (χ0v) is 13.3. The minimum Gasteiger partial charge on any atom is -0.494 e. The number of hydrogen-bond acceptors (Lipinski definition) is 4. The van der Waals surface area contributed by atoms with E-state index in [0.717, 1.165) is 17.9 Å². The molecule has 0 radical (unpaired) electrons. The molecule has 0 aliphatic rings. The highest BCUT2D eigenvalue weighted by atomic mass is 32.2. The molecule has 5 heteroatoms. The van der Waals surface area contributed by atoms with E-state index in [1.54, 1.807) is 13.8 Å². The number of ether oxygens (including phenoxy) is 2. The molecular formula is C15H24O4S. The van der Waals surface area contributed by atoms with Gasteiger partial charge in [-0.1, -0.05) is 6.92 Å². The zero-order valence-electron chi connectivity index (χ0n) is 12.5. The molecule has 114 valence electrons. The van der Waals surface area contributed by atoms with Crippen molar-refractivity contribution >= 4 is 9.84 Å². The molecule has 0 aliphatic heterocycles. The van der Waals surface area contributed by atoms with Crippen molar-refractivity contribution in [2.75, 3.05) is 19.0 Å². The largest absolute Gasteiger partial charge is 0.494 e. The standard InChI is InChI=1S/C15H24O4S/c1-4-10-18-14-6-8-15(9-7-14)19-11-5-12-20(16,17)13(2)3/h6-9,13H,4-5,10-12H2,1-3H3. The third-order valence-corrected chi connectivity index (χ3v) is 5.15. The Morgan fingerprint density at radius 2 is 1.50 bits per heavy atom. The van der Waals surface area contributed by atoms with Crippen LogP contribution in [0.1, 0.15) is 33.6 Å². The lowest BCUT2D eigenvalue weighted by Crippen LogP contribution is -2.19. The Bertz CT molecular complexity index is 477. The monoisotopic (exact) mass is 300 g/mol. The molecule has 4 nitrogen and oxygen atoms in total. The van der Waals surface area contributed by atoms with Gasteiger partial charge in [0.2, 0.25) is 0 Å². The quantitative estimate of drug-likeness (QED) is 0.658. The first-order valence-corrected chi connectivity index (χ1v) is 8.74. The second kappa shape index (κ2) is 8.15. The zero-order chi connectivity index (χ0) is 15.0. The third kappa shape index (κ3) is 5.82. The maximum Gasteiger partial charge on any atom is 0.152 e. The van der Waals surface area contributed by atoms with Crippen molar-refractivity contribution in [3.05, 3.63) is 24.3 Å². The summed E-state index contributed by atoms with van der Waals surface area (Å²) in [4.78, 5) is 0. The molecule has 0 saturated carbocycles. The second-order valence-corrected chi connectivity index (χ2v) is 7.61. The van der Waals surface area contributed by atoms with E-state index in [2.05, 4.69) is 6.92 Å². The molecule has 1 aromatic carbocycles. The fourth-order valence-corrected chi connectivity index (χ4v) is 2.53. The van der Waals surface area contributed by atoms with Gasteiger partial charge in [-0.15, -0.1) is 0 Å². The van der Waals surface area contributed by atoms with E-state index in [9.17, 15) is 8.42 Å². The normalized spacial score (nSPS) is 11.6. The Balaban J connectivity index is 2.32. The summed E-state index contributed by atoms with van der Waals surface area (Å²) in [6.45, 7) is 6.56. The Morgan fingerprint density at radius 1 is 1.00 bits per heavy atom. The first-order chi connectivity index (χ1) is 9.45. The number of hydrogen-bond donors (Lipinski definition) is 0. The van der Waals surface area contributed by atoms with E-state index in [1.807, 2.05) is 24.3 Å². The highest BCUT2D eigenvalue weighted by Crippen LogP contribution is 2.18. The Morgan fingerprint density at radius 3 is 1.95 bits per heavy atom. The van der Waals surface area contributed by atoms with E-state index < -0.39 is 9.84 Å². The molecule has 0 unspecified atom stereocenters. The van der Waals surface area contributed by atoms with Crippen LogP contribution in [0.15, 0.2) is 24.3 Å². The molecule has 20 heavy (non-hydrogen) atoms. The van der Waals surface area contributed by atoms with Crippen LogP contribution in [0.3, 0.4) is 0 Å². The van der Waals surface area contributed by atoms with Gasteiger partial charge in [0.25, 0.3) is 0 Å². The van der Waals surface area contributed by atoms with Gasteiger partial charge < -0.3 is 9.47 Å². The van der Waals surface area contributed by atoms with Crippen LogP contribution >= 0.6 is 0 Å². The van der Waals surface area contributed by atoms with Gasteiger partial charge in [0.05, 0.1) is 24.2 Å². The van der Waals surface area contributed by atoms with Gasteiger partial charge in [-0.05, 0) is 51.0 Å². The minimum absolute atomic E-state index is 0.169. The molecule has 0 bridgehead atoms. The molecule has 0 N–H and O–H groups in total. The van der Waals surface area contributed by atoms with E-state index in [4.69, 9.17) is 9.47 Å². The van der Waals surface area contributed by atoms with E-state index in [0.29, 0.717) is 19.6 Å². The SMILES string of the molecule is CCCOc1ccc(OCCCS(=O)(=O)C(C)C)cc1. The van der Waals surface area contributed by atoms with Gasteiger partial charge >= 0.3 is 0 Å². The summed E-state index contributed by atoms with van der Waals surface area (Å²) in [5.74, 6) is 1.72. The number of rotatable bonds is 9. The molecule has 1 aromatic rings. The first kappa shape index (κ1) is 16.8. The highest BCUT2D eigenvalue weighted by molar-refractivity contribution is 7.91. The van der Waals surface area contributed by atoms with Crippen LogP contribution in [0, 0.1) is 0 Å². The maximum absolute atomic E-state index is 11.6. The van der Waals surface area contributed by atoms with Crippen molar-refractivity contribution in [3.8, 4) is 11.5 Å². The molecule has 0 aliphatic carbocycles. The van der Waals surface area contributed by atoms with Gasteiger partial charge in [0.1, 0.15) is 11.5 Å². The van der Waals surface area contributed by atoms with Gasteiger partial charge in [0, 0.05) is 0 Å². The summed E-state index contributed by atoms with van der Waals surface area (Å²) in [6.07, 6.45) is 1.48. The summed E-state index contributed by atoms with van der Waals surface area (Å²) >= 11 is 0. The predicted molar refractivity (Wildman–Crippen MR) is 81.3 cm³/mol. The maximum atomic E-state index is 11.6. The Hall–Kier alpha value is -1.23. The summed E-state index contributed by atoms with van der Waals surface area (Å²) in [5.41, 5.74) is 0. The van der Waals surface area contributed by atoms with Crippen molar-refractivity contribution < 1.29 is 17.9 Å². The van der Waals surface area contributed by atoms with Gasteiger partial charge in [-0.25, -0.2) is 8.42 Å². The Kier molecular flexibility index (Phi) is 6.85. The van der Waals surface area contributed by atoms with Crippen molar-refractivity contribution in [3.63, 3.8) is 0 Å². The molecule has 1 rings (SSSR count). The van der Waals surface area contributed by atoms with Crippen molar-refractivity contribution in [2.45, 2.75) is 38.9 Å². The second-order valence-electron chi connectivity index (χ2n) is 4.94. The van der Waals surface area contributed by atoms with Crippen LogP contribution in [0.5, 0.6) is 11.5 Å². The van der Waals surface area contributed by atoms with Crippen molar-refractivity contribution in [1.82, 2.24) is 0 Å². The molecule has 0 spiro atoms. The fraction of sp³-hybridized carbons (Fsp3) is 0.600. The summed E-state index contributed by atoms with van der Waals surface area (Å²) < 4.78 is 34.2. The number of benzene rings is 1. The predicted octanol–water partition coefficient (Wildman–Crippen LogP) is 3.07. The van der Waals surface area contributed by atoms with Crippen molar-refractivity contribution in [1.29, 1.82) is 0 Å². The number of sulfone groups is 1. The van der Waals surface area contributed by atoms with E-state index in [-0.39, 0.29) is 11.0 Å². The Labute approximate surface area is 122 Å². The molecule has 0 aromatic heterocycles. The topological polar surface area (TPSA) is 52.6 Å². The molecule has 0 saturated heterocycles. The van der Waals surface area contributed by atoms with Gasteiger partial charge in [-0.3, -0.25) is 0 Å². The minimum atomic E-state index is -2.97.